The van der Waals surface area contributed by atoms with Crippen LogP contribution in [0.2, 0.25) is 0 Å². The number of hydrogen-bond acceptors (Lipinski definition) is 4. The summed E-state index contributed by atoms with van der Waals surface area (Å²) in [5.41, 5.74) is 7.94. The van der Waals surface area contributed by atoms with Crippen molar-refractivity contribution in [3.63, 3.8) is 0 Å². The lowest BCUT2D eigenvalue weighted by Crippen LogP contribution is -2.49. The van der Waals surface area contributed by atoms with Crippen molar-refractivity contribution in [2.45, 2.75) is 25.3 Å². The molecule has 0 aliphatic carbocycles. The molecule has 1 atom stereocenters. The second kappa shape index (κ2) is 8.18. The zero-order chi connectivity index (χ0) is 19.3. The number of carbonyl (C=O) groups excluding carboxylic acids is 1. The van der Waals surface area contributed by atoms with Crippen LogP contribution >= 0.6 is 0 Å². The second-order valence-electron chi connectivity index (χ2n) is 6.94. The number of rotatable bonds is 7. The van der Waals surface area contributed by atoms with Gasteiger partial charge in [-0.05, 0) is 18.9 Å². The molecule has 1 amide bonds. The highest BCUT2D eigenvalue weighted by Crippen LogP contribution is 2.21. The van der Waals surface area contributed by atoms with Crippen LogP contribution in [0.15, 0.2) is 71.3 Å². The van der Waals surface area contributed by atoms with Crippen LogP contribution in [0.1, 0.15) is 24.7 Å². The van der Waals surface area contributed by atoms with E-state index in [0.717, 1.165) is 29.0 Å². The molecule has 0 fully saturated rings. The van der Waals surface area contributed by atoms with Crippen LogP contribution < -0.4 is 5.73 Å². The first-order chi connectivity index (χ1) is 13.0. The van der Waals surface area contributed by atoms with Gasteiger partial charge in [-0.1, -0.05) is 65.8 Å². The van der Waals surface area contributed by atoms with Crippen LogP contribution in [-0.2, 0) is 16.8 Å². The first-order valence-corrected chi connectivity index (χ1v) is 9.09. The van der Waals surface area contributed by atoms with Crippen molar-refractivity contribution in [3.05, 3.63) is 78.1 Å². The summed E-state index contributed by atoms with van der Waals surface area (Å²) in [6.07, 6.45) is 1.49. The molecule has 0 spiro atoms. The molecule has 0 aliphatic heterocycles. The van der Waals surface area contributed by atoms with E-state index in [1.54, 1.807) is 18.9 Å². The fourth-order valence-electron chi connectivity index (χ4n) is 3.07. The summed E-state index contributed by atoms with van der Waals surface area (Å²) in [5, 5.41) is 4.12. The summed E-state index contributed by atoms with van der Waals surface area (Å²) >= 11 is 0. The number of aromatic nitrogens is 1. The summed E-state index contributed by atoms with van der Waals surface area (Å²) in [5.74, 6) is 0.713. The molecule has 3 aromatic rings. The lowest BCUT2D eigenvalue weighted by molar-refractivity contribution is -0.135. The van der Waals surface area contributed by atoms with Crippen molar-refractivity contribution in [1.82, 2.24) is 10.1 Å². The number of hydrogen-bond donors (Lipinski definition) is 1. The molecule has 2 N–H and O–H groups in total. The summed E-state index contributed by atoms with van der Waals surface area (Å²) in [7, 11) is 1.78. The van der Waals surface area contributed by atoms with Gasteiger partial charge in [0.15, 0.2) is 0 Å². The van der Waals surface area contributed by atoms with E-state index >= 15 is 0 Å². The van der Waals surface area contributed by atoms with Crippen molar-refractivity contribution in [2.24, 2.45) is 5.73 Å². The van der Waals surface area contributed by atoms with Gasteiger partial charge in [-0.25, -0.2) is 0 Å². The molecule has 1 unspecified atom stereocenters. The van der Waals surface area contributed by atoms with Crippen molar-refractivity contribution in [2.75, 3.05) is 13.6 Å². The Labute approximate surface area is 159 Å². The Morgan fingerprint density at radius 1 is 1.11 bits per heavy atom. The summed E-state index contributed by atoms with van der Waals surface area (Å²) < 4.78 is 5.42. The van der Waals surface area contributed by atoms with Crippen molar-refractivity contribution < 1.29 is 9.32 Å². The predicted molar refractivity (Wildman–Crippen MR) is 106 cm³/mol. The van der Waals surface area contributed by atoms with E-state index in [0.29, 0.717) is 13.0 Å². The monoisotopic (exact) mass is 363 g/mol. The number of likely N-dealkylation sites (N-methyl/N-ethyl adjacent to an activating group) is 1. The van der Waals surface area contributed by atoms with Gasteiger partial charge >= 0.3 is 0 Å². The lowest BCUT2D eigenvalue weighted by Gasteiger charge is -2.29. The number of nitrogens with zero attached hydrogens (tertiary/aromatic N) is 2. The van der Waals surface area contributed by atoms with Crippen LogP contribution in [-0.4, -0.2) is 29.6 Å². The van der Waals surface area contributed by atoms with Crippen LogP contribution in [0.4, 0.5) is 0 Å². The molecule has 0 bridgehead atoms. The van der Waals surface area contributed by atoms with Crippen molar-refractivity contribution >= 4 is 5.91 Å². The molecular weight excluding hydrogens is 338 g/mol. The third-order valence-electron chi connectivity index (χ3n) is 4.71. The van der Waals surface area contributed by atoms with Gasteiger partial charge in [0, 0.05) is 31.6 Å². The number of nitrogens with two attached hydrogens (primary N) is 1. The highest BCUT2D eigenvalue weighted by atomic mass is 16.5. The maximum absolute atomic E-state index is 12.8. The number of benzene rings is 2. The van der Waals surface area contributed by atoms with Gasteiger partial charge in [-0.2, -0.15) is 0 Å². The molecule has 140 valence electrons. The SMILES string of the molecule is CN(CCCc1cc(-c2ccccc2)no1)C(=O)C(C)(N)c1ccccc1. The van der Waals surface area contributed by atoms with Crippen LogP contribution in [0.3, 0.4) is 0 Å². The Balaban J connectivity index is 1.54. The summed E-state index contributed by atoms with van der Waals surface area (Å²) in [4.78, 5) is 14.4. The first-order valence-electron chi connectivity index (χ1n) is 9.09. The van der Waals surface area contributed by atoms with Gasteiger partial charge in [0.2, 0.25) is 5.91 Å². The highest BCUT2D eigenvalue weighted by Gasteiger charge is 2.32. The molecule has 0 saturated carbocycles. The Kier molecular flexibility index (Phi) is 5.72. The summed E-state index contributed by atoms with van der Waals surface area (Å²) in [6, 6.07) is 21.3. The number of carbonyl (C=O) groups is 1. The number of amides is 1. The fraction of sp³-hybridized carbons (Fsp3) is 0.273. The standard InChI is InChI=1S/C22H25N3O2/c1-22(23,18-12-7-4-8-13-18)21(26)25(2)15-9-14-19-16-20(24-27-19)17-10-5-3-6-11-17/h3-8,10-13,16H,9,14-15,23H2,1-2H3. The predicted octanol–water partition coefficient (Wildman–Crippen LogP) is 3.61. The maximum atomic E-state index is 12.8. The van der Waals surface area contributed by atoms with Gasteiger partial charge in [0.25, 0.3) is 0 Å². The van der Waals surface area contributed by atoms with Gasteiger partial charge in [0.05, 0.1) is 0 Å². The van der Waals surface area contributed by atoms with Gasteiger partial charge in [-0.3, -0.25) is 4.79 Å². The fourth-order valence-corrected chi connectivity index (χ4v) is 3.07. The Morgan fingerprint density at radius 2 is 1.74 bits per heavy atom. The normalized spacial score (nSPS) is 13.1. The molecule has 1 heterocycles. The minimum Gasteiger partial charge on any atom is -0.361 e. The third-order valence-corrected chi connectivity index (χ3v) is 4.71. The van der Waals surface area contributed by atoms with E-state index < -0.39 is 5.54 Å². The third kappa shape index (κ3) is 4.44. The highest BCUT2D eigenvalue weighted by molar-refractivity contribution is 5.86. The second-order valence-corrected chi connectivity index (χ2v) is 6.94. The van der Waals surface area contributed by atoms with Gasteiger partial charge in [0.1, 0.15) is 17.0 Å². The topological polar surface area (TPSA) is 72.4 Å². The van der Waals surface area contributed by atoms with Crippen LogP contribution in [0.5, 0.6) is 0 Å². The quantitative estimate of drug-likeness (QED) is 0.696. The summed E-state index contributed by atoms with van der Waals surface area (Å²) in [6.45, 7) is 2.35. The average molecular weight is 363 g/mol. The molecule has 27 heavy (non-hydrogen) atoms. The minimum absolute atomic E-state index is 0.101. The molecule has 5 heteroatoms. The smallest absolute Gasteiger partial charge is 0.246 e. The Bertz CT molecular complexity index is 873. The van der Waals surface area contributed by atoms with Crippen molar-refractivity contribution in [1.29, 1.82) is 0 Å². The molecule has 1 aromatic heterocycles. The molecule has 0 aliphatic rings. The van der Waals surface area contributed by atoms with Crippen molar-refractivity contribution in [3.8, 4) is 11.3 Å². The van der Waals surface area contributed by atoms with E-state index in [9.17, 15) is 4.79 Å². The maximum Gasteiger partial charge on any atom is 0.246 e. The molecule has 0 radical (unpaired) electrons. The van der Waals surface area contributed by atoms with Crippen LogP contribution in [0.25, 0.3) is 11.3 Å². The van der Waals surface area contributed by atoms with E-state index in [1.807, 2.05) is 66.7 Å². The van der Waals surface area contributed by atoms with Gasteiger partial charge in [-0.15, -0.1) is 0 Å². The van der Waals surface area contributed by atoms with E-state index in [-0.39, 0.29) is 5.91 Å². The molecule has 3 rings (SSSR count). The Hall–Kier alpha value is -2.92. The first kappa shape index (κ1) is 18.9. The zero-order valence-corrected chi connectivity index (χ0v) is 15.8. The number of aryl methyl sites for hydroxylation is 1. The Morgan fingerprint density at radius 3 is 2.41 bits per heavy atom. The molecule has 0 saturated heterocycles. The molecule has 5 nitrogen and oxygen atoms in total. The van der Waals surface area contributed by atoms with E-state index in [4.69, 9.17) is 10.3 Å². The van der Waals surface area contributed by atoms with Gasteiger partial charge < -0.3 is 15.2 Å². The molecular formula is C22H25N3O2. The largest absolute Gasteiger partial charge is 0.361 e. The zero-order valence-electron chi connectivity index (χ0n) is 15.8. The van der Waals surface area contributed by atoms with E-state index in [1.165, 1.54) is 0 Å². The minimum atomic E-state index is -1.04. The van der Waals surface area contributed by atoms with Crippen LogP contribution in [0, 0.1) is 0 Å². The molecule has 2 aromatic carbocycles. The van der Waals surface area contributed by atoms with E-state index in [2.05, 4.69) is 5.16 Å². The average Bonchev–Trinajstić information content (AvgIpc) is 3.17. The lowest BCUT2D eigenvalue weighted by atomic mass is 9.91.